The van der Waals surface area contributed by atoms with Crippen molar-refractivity contribution >= 4 is 11.6 Å². The summed E-state index contributed by atoms with van der Waals surface area (Å²) in [7, 11) is 0. The third-order valence-corrected chi connectivity index (χ3v) is 1.66. The van der Waals surface area contributed by atoms with Crippen molar-refractivity contribution in [2.24, 2.45) is 5.16 Å². The topological polar surface area (TPSA) is 50.7 Å². The molecule has 82 valence electrons. The average molecular weight is 200 g/mol. The molecule has 0 saturated carbocycles. The average Bonchev–Trinajstić information content (AvgIpc) is 2.11. The molecule has 0 aliphatic rings. The van der Waals surface area contributed by atoms with Crippen LogP contribution in [0.15, 0.2) is 5.16 Å². The molecule has 4 heteroatoms. The number of hydrogen-bond donors (Lipinski definition) is 1. The lowest BCUT2D eigenvalue weighted by molar-refractivity contribution is -0.126. The highest BCUT2D eigenvalue weighted by Gasteiger charge is 2.02. The molecule has 0 aromatic rings. The summed E-state index contributed by atoms with van der Waals surface area (Å²) in [5.41, 5.74) is 0.974. The molecule has 0 fully saturated rings. The highest BCUT2D eigenvalue weighted by molar-refractivity contribution is 5.83. The maximum atomic E-state index is 11.1. The molecule has 0 unspecified atom stereocenters. The summed E-state index contributed by atoms with van der Waals surface area (Å²) in [5.74, 6) is -0.129. The lowest BCUT2D eigenvalue weighted by Crippen LogP contribution is -2.32. The molecular formula is C10H20N2O2. The molecule has 0 aliphatic heterocycles. The summed E-state index contributed by atoms with van der Waals surface area (Å²) in [6.07, 6.45) is 1.73. The molecule has 0 heterocycles. The minimum absolute atomic E-state index is 0.00167. The number of nitrogens with zero attached hydrogens (tertiary/aromatic N) is 1. The number of carbonyl (C=O) groups excluding carboxylic acids is 1. The summed E-state index contributed by atoms with van der Waals surface area (Å²) >= 11 is 0. The van der Waals surface area contributed by atoms with Crippen LogP contribution in [0.4, 0.5) is 0 Å². The number of oxime groups is 1. The third-order valence-electron chi connectivity index (χ3n) is 1.66. The molecule has 1 amide bonds. The van der Waals surface area contributed by atoms with E-state index in [-0.39, 0.29) is 18.6 Å². The molecule has 4 nitrogen and oxygen atoms in total. The first-order valence-corrected chi connectivity index (χ1v) is 5.07. The Hall–Kier alpha value is -1.06. The molecule has 14 heavy (non-hydrogen) atoms. The Balaban J connectivity index is 3.72. The van der Waals surface area contributed by atoms with Gasteiger partial charge in [0, 0.05) is 6.04 Å². The highest BCUT2D eigenvalue weighted by Crippen LogP contribution is 1.92. The largest absolute Gasteiger partial charge is 0.386 e. The van der Waals surface area contributed by atoms with Crippen LogP contribution >= 0.6 is 0 Å². The minimum Gasteiger partial charge on any atom is -0.386 e. The van der Waals surface area contributed by atoms with Gasteiger partial charge in [0.25, 0.3) is 5.91 Å². The van der Waals surface area contributed by atoms with Gasteiger partial charge in [-0.2, -0.15) is 0 Å². The van der Waals surface area contributed by atoms with E-state index in [4.69, 9.17) is 4.84 Å². The van der Waals surface area contributed by atoms with Crippen LogP contribution in [0.5, 0.6) is 0 Å². The van der Waals surface area contributed by atoms with Crippen LogP contribution in [0, 0.1) is 0 Å². The van der Waals surface area contributed by atoms with E-state index in [0.717, 1.165) is 18.6 Å². The number of rotatable bonds is 6. The van der Waals surface area contributed by atoms with E-state index in [1.165, 1.54) is 0 Å². The maximum absolute atomic E-state index is 11.1. The number of hydrogen-bond acceptors (Lipinski definition) is 3. The van der Waals surface area contributed by atoms with Gasteiger partial charge in [0.15, 0.2) is 6.61 Å². The first-order valence-electron chi connectivity index (χ1n) is 5.07. The zero-order valence-corrected chi connectivity index (χ0v) is 9.46. The smallest absolute Gasteiger partial charge is 0.260 e. The molecule has 0 aromatic carbocycles. The van der Waals surface area contributed by atoms with Crippen molar-refractivity contribution in [2.45, 2.75) is 46.6 Å². The maximum Gasteiger partial charge on any atom is 0.260 e. The molecule has 0 spiro atoms. The Morgan fingerprint density at radius 3 is 2.36 bits per heavy atom. The van der Waals surface area contributed by atoms with Gasteiger partial charge in [-0.3, -0.25) is 4.79 Å². The van der Waals surface area contributed by atoms with E-state index in [1.807, 2.05) is 27.7 Å². The normalized spacial score (nSPS) is 9.79. The standard InChI is InChI=1S/C10H20N2O2/c1-5-9(6-2)12-14-7-10(13)11-8(3)4/h8H,5-7H2,1-4H3,(H,11,13). The van der Waals surface area contributed by atoms with Crippen LogP contribution in [0.1, 0.15) is 40.5 Å². The van der Waals surface area contributed by atoms with Gasteiger partial charge in [-0.25, -0.2) is 0 Å². The van der Waals surface area contributed by atoms with Crippen molar-refractivity contribution < 1.29 is 9.63 Å². The second-order valence-corrected chi connectivity index (χ2v) is 3.36. The van der Waals surface area contributed by atoms with Gasteiger partial charge in [-0.15, -0.1) is 0 Å². The summed E-state index contributed by atoms with van der Waals surface area (Å²) in [4.78, 5) is 16.0. The summed E-state index contributed by atoms with van der Waals surface area (Å²) < 4.78 is 0. The minimum atomic E-state index is -0.129. The van der Waals surface area contributed by atoms with E-state index < -0.39 is 0 Å². The number of nitrogens with one attached hydrogen (secondary N) is 1. The quantitative estimate of drug-likeness (QED) is 0.524. The monoisotopic (exact) mass is 200 g/mol. The fraction of sp³-hybridized carbons (Fsp3) is 0.800. The lowest BCUT2D eigenvalue weighted by atomic mass is 10.2. The Kier molecular flexibility index (Phi) is 6.80. The predicted molar refractivity (Wildman–Crippen MR) is 57.2 cm³/mol. The van der Waals surface area contributed by atoms with Gasteiger partial charge in [0.05, 0.1) is 5.71 Å². The van der Waals surface area contributed by atoms with Crippen LogP contribution in [-0.4, -0.2) is 24.3 Å². The van der Waals surface area contributed by atoms with E-state index in [0.29, 0.717) is 0 Å². The molecule has 1 N–H and O–H groups in total. The Morgan fingerprint density at radius 2 is 1.93 bits per heavy atom. The van der Waals surface area contributed by atoms with Gasteiger partial charge >= 0.3 is 0 Å². The second kappa shape index (κ2) is 7.35. The molecule has 0 aliphatic carbocycles. The van der Waals surface area contributed by atoms with E-state index >= 15 is 0 Å². The van der Waals surface area contributed by atoms with Gasteiger partial charge in [-0.1, -0.05) is 19.0 Å². The lowest BCUT2D eigenvalue weighted by Gasteiger charge is -2.07. The SMILES string of the molecule is CCC(CC)=NOCC(=O)NC(C)C. The molecule has 0 radical (unpaired) electrons. The van der Waals surface area contributed by atoms with Crippen molar-refractivity contribution in [3.8, 4) is 0 Å². The Morgan fingerprint density at radius 1 is 1.36 bits per heavy atom. The molecule has 0 saturated heterocycles. The third kappa shape index (κ3) is 6.46. The van der Waals surface area contributed by atoms with Crippen molar-refractivity contribution in [1.82, 2.24) is 5.32 Å². The van der Waals surface area contributed by atoms with Crippen molar-refractivity contribution in [2.75, 3.05) is 6.61 Å². The van der Waals surface area contributed by atoms with E-state index in [1.54, 1.807) is 0 Å². The van der Waals surface area contributed by atoms with Gasteiger partial charge in [0.1, 0.15) is 0 Å². The number of carbonyl (C=O) groups is 1. The molecule has 0 rings (SSSR count). The van der Waals surface area contributed by atoms with Gasteiger partial charge in [-0.05, 0) is 26.7 Å². The van der Waals surface area contributed by atoms with Gasteiger partial charge in [0.2, 0.25) is 0 Å². The molecule has 0 bridgehead atoms. The van der Waals surface area contributed by atoms with Crippen LogP contribution in [-0.2, 0) is 9.63 Å². The van der Waals surface area contributed by atoms with E-state index in [9.17, 15) is 4.79 Å². The predicted octanol–water partition coefficient (Wildman–Crippen LogP) is 1.70. The zero-order chi connectivity index (χ0) is 11.0. The molecule has 0 atom stereocenters. The fourth-order valence-corrected chi connectivity index (χ4v) is 0.925. The van der Waals surface area contributed by atoms with Crippen molar-refractivity contribution in [3.63, 3.8) is 0 Å². The van der Waals surface area contributed by atoms with Crippen LogP contribution in [0.2, 0.25) is 0 Å². The zero-order valence-electron chi connectivity index (χ0n) is 9.46. The fourth-order valence-electron chi connectivity index (χ4n) is 0.925. The van der Waals surface area contributed by atoms with Crippen molar-refractivity contribution in [1.29, 1.82) is 0 Å². The van der Waals surface area contributed by atoms with Crippen LogP contribution < -0.4 is 5.32 Å². The summed E-state index contributed by atoms with van der Waals surface area (Å²) in [6, 6.07) is 0.145. The number of amides is 1. The first kappa shape index (κ1) is 12.9. The van der Waals surface area contributed by atoms with Crippen LogP contribution in [0.25, 0.3) is 0 Å². The van der Waals surface area contributed by atoms with Crippen molar-refractivity contribution in [3.05, 3.63) is 0 Å². The van der Waals surface area contributed by atoms with Gasteiger partial charge < -0.3 is 10.2 Å². The molecule has 0 aromatic heterocycles. The van der Waals surface area contributed by atoms with Crippen LogP contribution in [0.3, 0.4) is 0 Å². The summed E-state index contributed by atoms with van der Waals surface area (Å²) in [5, 5.41) is 6.58. The Bertz CT molecular complexity index is 194. The highest BCUT2D eigenvalue weighted by atomic mass is 16.6. The second-order valence-electron chi connectivity index (χ2n) is 3.36. The molecular weight excluding hydrogens is 180 g/mol. The van der Waals surface area contributed by atoms with E-state index in [2.05, 4.69) is 10.5 Å². The summed E-state index contributed by atoms with van der Waals surface area (Å²) in [6.45, 7) is 7.84. The Labute approximate surface area is 85.7 Å². The first-order chi connectivity index (χ1) is 6.60.